The molecule has 21 heavy (non-hydrogen) atoms. The lowest BCUT2D eigenvalue weighted by Crippen LogP contribution is -2.39. The first-order chi connectivity index (χ1) is 9.73. The van der Waals surface area contributed by atoms with Crippen molar-refractivity contribution in [3.05, 3.63) is 35.4 Å². The van der Waals surface area contributed by atoms with Crippen molar-refractivity contribution in [3.8, 4) is 0 Å². The number of halogens is 1. The Kier molecular flexibility index (Phi) is 5.52. The van der Waals surface area contributed by atoms with Gasteiger partial charge in [-0.1, -0.05) is 24.3 Å². The first-order valence-corrected chi connectivity index (χ1v) is 7.84. The Morgan fingerprint density at radius 3 is 2.57 bits per heavy atom. The lowest BCUT2D eigenvalue weighted by Gasteiger charge is -2.17. The van der Waals surface area contributed by atoms with E-state index in [4.69, 9.17) is 4.99 Å². The SMILES string of the molecule is CCNC(=NCC1(c2ccccc2C)CC1)NC1CC1.I. The third kappa shape index (κ3) is 4.11. The van der Waals surface area contributed by atoms with Gasteiger partial charge in [-0.3, -0.25) is 4.99 Å². The van der Waals surface area contributed by atoms with Crippen molar-refractivity contribution in [2.75, 3.05) is 13.1 Å². The van der Waals surface area contributed by atoms with Crippen LogP contribution in [-0.4, -0.2) is 25.1 Å². The number of hydrogen-bond acceptors (Lipinski definition) is 1. The molecule has 4 heteroatoms. The Morgan fingerprint density at radius 2 is 2.00 bits per heavy atom. The van der Waals surface area contributed by atoms with Gasteiger partial charge < -0.3 is 10.6 Å². The lowest BCUT2D eigenvalue weighted by molar-refractivity contribution is 0.687. The van der Waals surface area contributed by atoms with Crippen LogP contribution >= 0.6 is 24.0 Å². The van der Waals surface area contributed by atoms with Gasteiger partial charge in [0, 0.05) is 18.0 Å². The topological polar surface area (TPSA) is 36.4 Å². The third-order valence-corrected chi connectivity index (χ3v) is 4.37. The smallest absolute Gasteiger partial charge is 0.191 e. The molecule has 0 radical (unpaired) electrons. The monoisotopic (exact) mass is 399 g/mol. The molecule has 0 bridgehead atoms. The minimum Gasteiger partial charge on any atom is -0.357 e. The molecule has 0 heterocycles. The minimum absolute atomic E-state index is 0. The van der Waals surface area contributed by atoms with E-state index >= 15 is 0 Å². The summed E-state index contributed by atoms with van der Waals surface area (Å²) in [4.78, 5) is 4.84. The molecule has 0 spiro atoms. The van der Waals surface area contributed by atoms with E-state index in [1.165, 1.54) is 36.8 Å². The van der Waals surface area contributed by atoms with Crippen LogP contribution < -0.4 is 10.6 Å². The van der Waals surface area contributed by atoms with Gasteiger partial charge in [-0.15, -0.1) is 24.0 Å². The van der Waals surface area contributed by atoms with Crippen LogP contribution in [0.2, 0.25) is 0 Å². The van der Waals surface area contributed by atoms with E-state index in [9.17, 15) is 0 Å². The van der Waals surface area contributed by atoms with E-state index < -0.39 is 0 Å². The predicted molar refractivity (Wildman–Crippen MR) is 99.6 cm³/mol. The molecule has 2 saturated carbocycles. The van der Waals surface area contributed by atoms with Gasteiger partial charge in [-0.05, 0) is 50.7 Å². The fourth-order valence-electron chi connectivity index (χ4n) is 2.80. The summed E-state index contributed by atoms with van der Waals surface area (Å²) in [5.74, 6) is 0.995. The number of rotatable bonds is 5. The zero-order valence-corrected chi connectivity index (χ0v) is 15.3. The molecule has 3 rings (SSSR count). The molecule has 0 amide bonds. The van der Waals surface area contributed by atoms with Crippen molar-refractivity contribution in [1.82, 2.24) is 10.6 Å². The highest BCUT2D eigenvalue weighted by Crippen LogP contribution is 2.49. The van der Waals surface area contributed by atoms with E-state index in [1.807, 2.05) is 0 Å². The van der Waals surface area contributed by atoms with Crippen molar-refractivity contribution in [2.45, 2.75) is 51.0 Å². The molecule has 2 fully saturated rings. The van der Waals surface area contributed by atoms with Crippen LogP contribution in [0.15, 0.2) is 29.3 Å². The molecule has 1 aromatic rings. The molecular formula is C17H26IN3. The van der Waals surface area contributed by atoms with Crippen molar-refractivity contribution in [2.24, 2.45) is 4.99 Å². The second-order valence-electron chi connectivity index (χ2n) is 6.21. The van der Waals surface area contributed by atoms with Gasteiger partial charge in [-0.2, -0.15) is 0 Å². The first kappa shape index (κ1) is 16.6. The Balaban J connectivity index is 0.00000161. The van der Waals surface area contributed by atoms with Crippen LogP contribution in [-0.2, 0) is 5.41 Å². The van der Waals surface area contributed by atoms with E-state index in [1.54, 1.807) is 0 Å². The predicted octanol–water partition coefficient (Wildman–Crippen LogP) is 3.36. The normalized spacial score (nSPS) is 19.6. The largest absolute Gasteiger partial charge is 0.357 e. The van der Waals surface area contributed by atoms with Crippen LogP contribution in [0, 0.1) is 6.92 Å². The molecule has 2 aliphatic rings. The molecule has 2 aliphatic carbocycles. The Morgan fingerprint density at radius 1 is 1.29 bits per heavy atom. The summed E-state index contributed by atoms with van der Waals surface area (Å²) >= 11 is 0. The number of guanidine groups is 1. The van der Waals surface area contributed by atoms with Gasteiger partial charge in [0.2, 0.25) is 0 Å². The third-order valence-electron chi connectivity index (χ3n) is 4.37. The lowest BCUT2D eigenvalue weighted by atomic mass is 9.92. The van der Waals surface area contributed by atoms with Crippen LogP contribution in [0.5, 0.6) is 0 Å². The van der Waals surface area contributed by atoms with E-state index in [0.717, 1.165) is 19.0 Å². The second kappa shape index (κ2) is 6.99. The molecule has 0 aromatic heterocycles. The summed E-state index contributed by atoms with van der Waals surface area (Å²) in [7, 11) is 0. The van der Waals surface area contributed by atoms with Gasteiger partial charge in [0.1, 0.15) is 0 Å². The zero-order chi connectivity index (χ0) is 14.0. The van der Waals surface area contributed by atoms with E-state index in [-0.39, 0.29) is 24.0 Å². The summed E-state index contributed by atoms with van der Waals surface area (Å²) in [6.45, 7) is 6.17. The van der Waals surface area contributed by atoms with Crippen molar-refractivity contribution in [1.29, 1.82) is 0 Å². The highest BCUT2D eigenvalue weighted by molar-refractivity contribution is 14.0. The summed E-state index contributed by atoms with van der Waals surface area (Å²) in [5.41, 5.74) is 3.20. The van der Waals surface area contributed by atoms with Gasteiger partial charge in [0.15, 0.2) is 5.96 Å². The first-order valence-electron chi connectivity index (χ1n) is 7.84. The maximum absolute atomic E-state index is 4.84. The van der Waals surface area contributed by atoms with Gasteiger partial charge >= 0.3 is 0 Å². The quantitative estimate of drug-likeness (QED) is 0.453. The zero-order valence-electron chi connectivity index (χ0n) is 13.0. The molecule has 0 atom stereocenters. The van der Waals surface area contributed by atoms with Crippen LogP contribution in [0.3, 0.4) is 0 Å². The van der Waals surface area contributed by atoms with Crippen LogP contribution in [0.4, 0.5) is 0 Å². The Bertz CT molecular complexity index is 505. The molecule has 1 aromatic carbocycles. The number of aliphatic imine (C=N–C) groups is 1. The minimum atomic E-state index is 0. The molecule has 0 aliphatic heterocycles. The van der Waals surface area contributed by atoms with Gasteiger partial charge in [0.05, 0.1) is 6.54 Å². The number of hydrogen-bond donors (Lipinski definition) is 2. The van der Waals surface area contributed by atoms with Crippen LogP contribution in [0.25, 0.3) is 0 Å². The highest BCUT2D eigenvalue weighted by Gasteiger charge is 2.44. The number of nitrogens with one attached hydrogen (secondary N) is 2. The van der Waals surface area contributed by atoms with Crippen molar-refractivity contribution in [3.63, 3.8) is 0 Å². The molecule has 0 saturated heterocycles. The Labute approximate surface area is 145 Å². The van der Waals surface area contributed by atoms with E-state index in [2.05, 4.69) is 48.7 Å². The molecule has 0 unspecified atom stereocenters. The number of aryl methyl sites for hydroxylation is 1. The highest BCUT2D eigenvalue weighted by atomic mass is 127. The van der Waals surface area contributed by atoms with Crippen molar-refractivity contribution < 1.29 is 0 Å². The van der Waals surface area contributed by atoms with Gasteiger partial charge in [0.25, 0.3) is 0 Å². The molecule has 116 valence electrons. The summed E-state index contributed by atoms with van der Waals surface area (Å²) in [5, 5.41) is 6.86. The standard InChI is InChI=1S/C17H25N3.HI/c1-3-18-16(20-14-8-9-14)19-12-17(10-11-17)15-7-5-4-6-13(15)2;/h4-7,14H,3,8-12H2,1-2H3,(H2,18,19,20);1H. The van der Waals surface area contributed by atoms with Crippen molar-refractivity contribution >= 4 is 29.9 Å². The number of benzene rings is 1. The number of nitrogens with zero attached hydrogens (tertiary/aromatic N) is 1. The molecule has 2 N–H and O–H groups in total. The average Bonchev–Trinajstić information content (AvgIpc) is 3.33. The maximum Gasteiger partial charge on any atom is 0.191 e. The van der Waals surface area contributed by atoms with Crippen LogP contribution in [0.1, 0.15) is 43.7 Å². The van der Waals surface area contributed by atoms with E-state index in [0.29, 0.717) is 11.5 Å². The summed E-state index contributed by atoms with van der Waals surface area (Å²) < 4.78 is 0. The summed E-state index contributed by atoms with van der Waals surface area (Å²) in [6.07, 6.45) is 5.11. The average molecular weight is 399 g/mol. The maximum atomic E-state index is 4.84. The molecule has 3 nitrogen and oxygen atoms in total. The fraction of sp³-hybridized carbons (Fsp3) is 0.588. The summed E-state index contributed by atoms with van der Waals surface area (Å²) in [6, 6.07) is 9.42. The second-order valence-corrected chi connectivity index (χ2v) is 6.21. The fourth-order valence-corrected chi connectivity index (χ4v) is 2.80. The Hall–Kier alpha value is -0.780. The molecular weight excluding hydrogens is 373 g/mol. The van der Waals surface area contributed by atoms with Gasteiger partial charge in [-0.25, -0.2) is 0 Å².